The van der Waals surface area contributed by atoms with Crippen molar-refractivity contribution in [3.05, 3.63) is 59.7 Å². The molecule has 0 bridgehead atoms. The number of carbonyl (C=O) groups is 1. The predicted molar refractivity (Wildman–Crippen MR) is 100 cm³/mol. The van der Waals surface area contributed by atoms with Crippen LogP contribution in [0.3, 0.4) is 0 Å². The lowest BCUT2D eigenvalue weighted by atomic mass is 9.79. The van der Waals surface area contributed by atoms with Crippen molar-refractivity contribution >= 4 is 5.91 Å². The van der Waals surface area contributed by atoms with Crippen LogP contribution < -0.4 is 5.32 Å². The topological polar surface area (TPSA) is 69.6 Å². The molecule has 0 aliphatic heterocycles. The summed E-state index contributed by atoms with van der Waals surface area (Å²) in [5.41, 5.74) is 1.29. The zero-order valence-corrected chi connectivity index (χ0v) is 15.1. The molecule has 0 radical (unpaired) electrons. The van der Waals surface area contributed by atoms with Crippen LogP contribution in [0.1, 0.15) is 56.0 Å². The van der Waals surface area contributed by atoms with Gasteiger partial charge < -0.3 is 15.5 Å². The van der Waals surface area contributed by atoms with Gasteiger partial charge in [0.05, 0.1) is 0 Å². The Hall–Kier alpha value is -2.49. The summed E-state index contributed by atoms with van der Waals surface area (Å²) in [5, 5.41) is 22.5. The number of phenols is 2. The SMILES string of the molecule is CC(CCCC(C)(C)c1ccc(O)cc1O)NC(=O)c1ccccc1. The molecule has 0 aliphatic carbocycles. The van der Waals surface area contributed by atoms with Crippen molar-refractivity contribution in [2.24, 2.45) is 0 Å². The molecule has 0 fully saturated rings. The number of amides is 1. The number of nitrogens with one attached hydrogen (secondary N) is 1. The third kappa shape index (κ3) is 5.24. The highest BCUT2D eigenvalue weighted by atomic mass is 16.3. The molecule has 25 heavy (non-hydrogen) atoms. The fraction of sp³-hybridized carbons (Fsp3) is 0.381. The fourth-order valence-electron chi connectivity index (χ4n) is 3.05. The van der Waals surface area contributed by atoms with Crippen molar-refractivity contribution in [3.8, 4) is 11.5 Å². The number of aromatic hydroxyl groups is 2. The van der Waals surface area contributed by atoms with Crippen LogP contribution in [0.15, 0.2) is 48.5 Å². The van der Waals surface area contributed by atoms with Crippen LogP contribution in [0.25, 0.3) is 0 Å². The van der Waals surface area contributed by atoms with E-state index in [-0.39, 0.29) is 28.9 Å². The number of carbonyl (C=O) groups excluding carboxylic acids is 1. The molecule has 0 saturated heterocycles. The Kier molecular flexibility index (Phi) is 6.07. The Morgan fingerprint density at radius 3 is 2.44 bits per heavy atom. The average Bonchev–Trinajstić information content (AvgIpc) is 2.55. The monoisotopic (exact) mass is 341 g/mol. The van der Waals surface area contributed by atoms with Crippen LogP contribution in [0.5, 0.6) is 11.5 Å². The van der Waals surface area contributed by atoms with E-state index in [2.05, 4.69) is 19.2 Å². The van der Waals surface area contributed by atoms with Crippen LogP contribution in [0.2, 0.25) is 0 Å². The van der Waals surface area contributed by atoms with Gasteiger partial charge in [0, 0.05) is 17.7 Å². The second-order valence-corrected chi connectivity index (χ2v) is 7.22. The first kappa shape index (κ1) is 18.8. The lowest BCUT2D eigenvalue weighted by Gasteiger charge is -2.27. The summed E-state index contributed by atoms with van der Waals surface area (Å²) in [7, 11) is 0. The fourth-order valence-corrected chi connectivity index (χ4v) is 3.05. The first-order valence-electron chi connectivity index (χ1n) is 8.68. The van der Waals surface area contributed by atoms with Gasteiger partial charge in [0.2, 0.25) is 0 Å². The van der Waals surface area contributed by atoms with E-state index in [0.29, 0.717) is 5.56 Å². The molecule has 1 unspecified atom stereocenters. The van der Waals surface area contributed by atoms with Crippen LogP contribution in [-0.2, 0) is 5.41 Å². The molecule has 0 heterocycles. The summed E-state index contributed by atoms with van der Waals surface area (Å²) in [5.74, 6) is 0.133. The van der Waals surface area contributed by atoms with E-state index >= 15 is 0 Å². The highest BCUT2D eigenvalue weighted by molar-refractivity contribution is 5.94. The molecule has 0 saturated carbocycles. The summed E-state index contributed by atoms with van der Waals surface area (Å²) in [6.45, 7) is 6.16. The molecule has 0 spiro atoms. The van der Waals surface area contributed by atoms with E-state index in [1.807, 2.05) is 25.1 Å². The normalized spacial score (nSPS) is 12.6. The van der Waals surface area contributed by atoms with E-state index in [4.69, 9.17) is 0 Å². The molecule has 3 N–H and O–H groups in total. The minimum Gasteiger partial charge on any atom is -0.508 e. The summed E-state index contributed by atoms with van der Waals surface area (Å²) in [6, 6.07) is 14.0. The Morgan fingerprint density at radius 2 is 1.80 bits per heavy atom. The maximum Gasteiger partial charge on any atom is 0.251 e. The first-order chi connectivity index (χ1) is 11.8. The van der Waals surface area contributed by atoms with Gasteiger partial charge in [0.1, 0.15) is 11.5 Å². The van der Waals surface area contributed by atoms with E-state index in [9.17, 15) is 15.0 Å². The molecule has 134 valence electrons. The van der Waals surface area contributed by atoms with Gasteiger partial charge >= 0.3 is 0 Å². The van der Waals surface area contributed by atoms with E-state index in [1.165, 1.54) is 6.07 Å². The van der Waals surface area contributed by atoms with Crippen molar-refractivity contribution in [1.29, 1.82) is 0 Å². The van der Waals surface area contributed by atoms with Crippen LogP contribution in [-0.4, -0.2) is 22.2 Å². The largest absolute Gasteiger partial charge is 0.508 e. The van der Waals surface area contributed by atoms with Crippen molar-refractivity contribution in [1.82, 2.24) is 5.32 Å². The smallest absolute Gasteiger partial charge is 0.251 e. The molecular formula is C21H27NO3. The third-order valence-electron chi connectivity index (χ3n) is 4.56. The summed E-state index contributed by atoms with van der Waals surface area (Å²) in [6.07, 6.45) is 2.65. The van der Waals surface area contributed by atoms with E-state index in [0.717, 1.165) is 24.8 Å². The maximum atomic E-state index is 12.1. The van der Waals surface area contributed by atoms with Gasteiger partial charge in [-0.2, -0.15) is 0 Å². The number of benzene rings is 2. The van der Waals surface area contributed by atoms with Crippen molar-refractivity contribution in [3.63, 3.8) is 0 Å². The summed E-state index contributed by atoms with van der Waals surface area (Å²) < 4.78 is 0. The Morgan fingerprint density at radius 1 is 1.12 bits per heavy atom. The van der Waals surface area contributed by atoms with Crippen LogP contribution >= 0.6 is 0 Å². The zero-order valence-electron chi connectivity index (χ0n) is 15.1. The lowest BCUT2D eigenvalue weighted by Crippen LogP contribution is -2.32. The Labute approximate surface area is 149 Å². The molecule has 4 nitrogen and oxygen atoms in total. The van der Waals surface area contributed by atoms with Crippen molar-refractivity contribution in [2.75, 3.05) is 0 Å². The standard InChI is InChI=1S/C21H27NO3/c1-15(22-20(25)16-9-5-4-6-10-16)8-7-13-21(2,3)18-12-11-17(23)14-19(18)24/h4-6,9-12,14-15,23-24H,7-8,13H2,1-3H3,(H,22,25). The summed E-state index contributed by atoms with van der Waals surface area (Å²) in [4.78, 5) is 12.1. The number of hydrogen-bond acceptors (Lipinski definition) is 3. The van der Waals surface area contributed by atoms with Crippen LogP contribution in [0, 0.1) is 0 Å². The average molecular weight is 341 g/mol. The Bertz CT molecular complexity index is 710. The first-order valence-corrected chi connectivity index (χ1v) is 8.68. The summed E-state index contributed by atoms with van der Waals surface area (Å²) >= 11 is 0. The number of rotatable bonds is 7. The van der Waals surface area contributed by atoms with E-state index < -0.39 is 0 Å². The number of phenolic OH excluding ortho intramolecular Hbond substituents is 2. The quantitative estimate of drug-likeness (QED) is 0.700. The van der Waals surface area contributed by atoms with Gasteiger partial charge in [-0.1, -0.05) is 44.5 Å². The maximum absolute atomic E-state index is 12.1. The highest BCUT2D eigenvalue weighted by Gasteiger charge is 2.24. The molecular weight excluding hydrogens is 314 g/mol. The van der Waals surface area contributed by atoms with Crippen molar-refractivity contribution in [2.45, 2.75) is 51.5 Å². The van der Waals surface area contributed by atoms with E-state index in [1.54, 1.807) is 24.3 Å². The zero-order chi connectivity index (χ0) is 18.4. The molecule has 0 aromatic heterocycles. The Balaban J connectivity index is 1.85. The second kappa shape index (κ2) is 8.06. The molecule has 2 aromatic rings. The van der Waals surface area contributed by atoms with Crippen molar-refractivity contribution < 1.29 is 15.0 Å². The van der Waals surface area contributed by atoms with Gasteiger partial charge in [-0.15, -0.1) is 0 Å². The molecule has 1 amide bonds. The molecule has 2 aromatic carbocycles. The molecule has 0 aliphatic rings. The van der Waals surface area contributed by atoms with Gasteiger partial charge in [-0.3, -0.25) is 4.79 Å². The molecule has 1 atom stereocenters. The highest BCUT2D eigenvalue weighted by Crippen LogP contribution is 2.36. The van der Waals surface area contributed by atoms with Gasteiger partial charge in [0.15, 0.2) is 0 Å². The third-order valence-corrected chi connectivity index (χ3v) is 4.56. The van der Waals surface area contributed by atoms with Gasteiger partial charge in [0.25, 0.3) is 5.91 Å². The van der Waals surface area contributed by atoms with Gasteiger partial charge in [-0.05, 0) is 48.9 Å². The minimum absolute atomic E-state index is 0.0523. The molecule has 4 heteroatoms. The number of hydrogen-bond donors (Lipinski definition) is 3. The van der Waals surface area contributed by atoms with Gasteiger partial charge in [-0.25, -0.2) is 0 Å². The van der Waals surface area contributed by atoms with Crippen LogP contribution in [0.4, 0.5) is 0 Å². The lowest BCUT2D eigenvalue weighted by molar-refractivity contribution is 0.0937. The second-order valence-electron chi connectivity index (χ2n) is 7.22. The molecule has 2 rings (SSSR count). The minimum atomic E-state index is -0.207. The predicted octanol–water partition coefficient (Wildman–Crippen LogP) is 4.36.